The maximum atomic E-state index is 12.7. The van der Waals surface area contributed by atoms with Crippen LogP contribution >= 0.6 is 0 Å². The molecule has 0 bridgehead atoms. The summed E-state index contributed by atoms with van der Waals surface area (Å²) in [6.45, 7) is 8.68. The summed E-state index contributed by atoms with van der Waals surface area (Å²) in [6, 6.07) is 0.0691. The Morgan fingerprint density at radius 2 is 2.11 bits per heavy atom. The number of hydrogen-bond donors (Lipinski definition) is 1. The number of nitrogens with one attached hydrogen (secondary N) is 1. The molecule has 1 aliphatic heterocycles. The second kappa shape index (κ2) is 7.57. The fourth-order valence-corrected chi connectivity index (χ4v) is 4.73. The van der Waals surface area contributed by atoms with E-state index < -0.39 is 10.2 Å². The Kier molecular flexibility index (Phi) is 6.73. The molecule has 1 aliphatic rings. The van der Waals surface area contributed by atoms with Gasteiger partial charge in [-0.25, -0.2) is 0 Å². The van der Waals surface area contributed by atoms with Crippen LogP contribution in [-0.4, -0.2) is 56.3 Å². The van der Waals surface area contributed by atoms with Crippen LogP contribution in [0.25, 0.3) is 0 Å². The van der Waals surface area contributed by atoms with Crippen LogP contribution in [0, 0.1) is 5.92 Å². The lowest BCUT2D eigenvalue weighted by atomic mass is 10.00. The van der Waals surface area contributed by atoms with E-state index >= 15 is 0 Å². The summed E-state index contributed by atoms with van der Waals surface area (Å²) in [6.07, 6.45) is 2.92. The normalized spacial score (nSPS) is 23.7. The van der Waals surface area contributed by atoms with Gasteiger partial charge in [-0.3, -0.25) is 0 Å². The van der Waals surface area contributed by atoms with Gasteiger partial charge in [0.1, 0.15) is 0 Å². The molecule has 19 heavy (non-hydrogen) atoms. The van der Waals surface area contributed by atoms with Gasteiger partial charge in [0.25, 0.3) is 10.2 Å². The van der Waals surface area contributed by atoms with E-state index in [1.54, 1.807) is 8.61 Å². The quantitative estimate of drug-likeness (QED) is 0.769. The first-order valence-electron chi connectivity index (χ1n) is 7.38. The molecule has 1 N–H and O–H groups in total. The van der Waals surface area contributed by atoms with E-state index in [-0.39, 0.29) is 6.04 Å². The SMILES string of the molecule is CCC(C)N(CC)S(=O)(=O)N1CCCC(CNC)C1. The van der Waals surface area contributed by atoms with Crippen molar-refractivity contribution in [1.82, 2.24) is 13.9 Å². The molecule has 0 aromatic carbocycles. The van der Waals surface area contributed by atoms with E-state index in [0.29, 0.717) is 25.6 Å². The summed E-state index contributed by atoms with van der Waals surface area (Å²) in [5, 5.41) is 3.15. The third-order valence-corrected chi connectivity index (χ3v) is 6.19. The molecular formula is C13H29N3O2S. The summed E-state index contributed by atoms with van der Waals surface area (Å²) in [5.41, 5.74) is 0. The first kappa shape index (κ1) is 16.9. The van der Waals surface area contributed by atoms with Gasteiger partial charge in [0.2, 0.25) is 0 Å². The second-order valence-corrected chi connectivity index (χ2v) is 7.27. The van der Waals surface area contributed by atoms with Gasteiger partial charge in [0.15, 0.2) is 0 Å². The molecule has 114 valence electrons. The highest BCUT2D eigenvalue weighted by atomic mass is 32.2. The zero-order valence-electron chi connectivity index (χ0n) is 12.7. The van der Waals surface area contributed by atoms with Crippen LogP contribution in [0.1, 0.15) is 40.0 Å². The molecule has 1 saturated heterocycles. The Morgan fingerprint density at radius 1 is 1.42 bits per heavy atom. The fourth-order valence-electron chi connectivity index (χ4n) is 2.75. The van der Waals surface area contributed by atoms with Crippen LogP contribution in [0.5, 0.6) is 0 Å². The van der Waals surface area contributed by atoms with Gasteiger partial charge in [0.05, 0.1) is 0 Å². The van der Waals surface area contributed by atoms with Crippen LogP contribution < -0.4 is 5.32 Å². The summed E-state index contributed by atoms with van der Waals surface area (Å²) in [7, 11) is -1.38. The third kappa shape index (κ3) is 4.15. The summed E-state index contributed by atoms with van der Waals surface area (Å²) in [5.74, 6) is 0.434. The van der Waals surface area contributed by atoms with Gasteiger partial charge in [-0.1, -0.05) is 13.8 Å². The lowest BCUT2D eigenvalue weighted by Crippen LogP contribution is -2.51. The van der Waals surface area contributed by atoms with Crippen molar-refractivity contribution < 1.29 is 8.42 Å². The highest BCUT2D eigenvalue weighted by Crippen LogP contribution is 2.22. The maximum Gasteiger partial charge on any atom is 0.282 e. The Bertz CT molecular complexity index is 357. The van der Waals surface area contributed by atoms with Crippen molar-refractivity contribution in [3.63, 3.8) is 0 Å². The van der Waals surface area contributed by atoms with Gasteiger partial charge >= 0.3 is 0 Å². The molecule has 2 atom stereocenters. The lowest BCUT2D eigenvalue weighted by molar-refractivity contribution is 0.233. The topological polar surface area (TPSA) is 52.7 Å². The molecule has 0 aromatic rings. The Labute approximate surface area is 118 Å². The van der Waals surface area contributed by atoms with Gasteiger partial charge < -0.3 is 5.32 Å². The highest BCUT2D eigenvalue weighted by Gasteiger charge is 2.34. The zero-order valence-corrected chi connectivity index (χ0v) is 13.5. The predicted octanol–water partition coefficient (Wildman–Crippen LogP) is 1.28. The van der Waals surface area contributed by atoms with Gasteiger partial charge in [-0.05, 0) is 45.7 Å². The van der Waals surface area contributed by atoms with E-state index in [9.17, 15) is 8.42 Å². The van der Waals surface area contributed by atoms with E-state index in [0.717, 1.165) is 25.8 Å². The summed E-state index contributed by atoms with van der Waals surface area (Å²) in [4.78, 5) is 0. The smallest absolute Gasteiger partial charge is 0.282 e. The Hall–Kier alpha value is -0.170. The van der Waals surface area contributed by atoms with E-state index in [1.165, 1.54) is 0 Å². The molecule has 6 heteroatoms. The van der Waals surface area contributed by atoms with Gasteiger partial charge in [0, 0.05) is 25.7 Å². The van der Waals surface area contributed by atoms with Crippen LogP contribution in [-0.2, 0) is 10.2 Å². The molecular weight excluding hydrogens is 262 g/mol. The molecule has 1 fully saturated rings. The largest absolute Gasteiger partial charge is 0.319 e. The minimum atomic E-state index is -3.30. The molecule has 0 spiro atoms. The lowest BCUT2D eigenvalue weighted by Gasteiger charge is -2.37. The first-order chi connectivity index (χ1) is 8.97. The molecule has 0 radical (unpaired) electrons. The standard InChI is InChI=1S/C13H29N3O2S/c1-5-12(3)16(6-2)19(17,18)15-9-7-8-13(11-15)10-14-4/h12-14H,5-11H2,1-4H3. The van der Waals surface area contributed by atoms with Crippen molar-refractivity contribution in [3.05, 3.63) is 0 Å². The monoisotopic (exact) mass is 291 g/mol. The van der Waals surface area contributed by atoms with Crippen LogP contribution in [0.4, 0.5) is 0 Å². The van der Waals surface area contributed by atoms with Crippen molar-refractivity contribution in [2.75, 3.05) is 33.2 Å². The molecule has 2 unspecified atom stereocenters. The molecule has 0 aliphatic carbocycles. The minimum Gasteiger partial charge on any atom is -0.319 e. The summed E-state index contributed by atoms with van der Waals surface area (Å²) < 4.78 is 28.7. The van der Waals surface area contributed by atoms with E-state index in [4.69, 9.17) is 0 Å². The van der Waals surface area contributed by atoms with Crippen LogP contribution in [0.3, 0.4) is 0 Å². The van der Waals surface area contributed by atoms with E-state index in [1.807, 2.05) is 27.8 Å². The second-order valence-electron chi connectivity index (χ2n) is 5.39. The average Bonchev–Trinajstić information content (AvgIpc) is 2.39. The maximum absolute atomic E-state index is 12.7. The van der Waals surface area contributed by atoms with Crippen LogP contribution in [0.15, 0.2) is 0 Å². The number of hydrogen-bond acceptors (Lipinski definition) is 3. The molecule has 5 nitrogen and oxygen atoms in total. The van der Waals surface area contributed by atoms with Crippen molar-refractivity contribution in [2.24, 2.45) is 5.92 Å². The molecule has 0 amide bonds. The molecule has 0 aromatic heterocycles. The fraction of sp³-hybridized carbons (Fsp3) is 1.00. The highest BCUT2D eigenvalue weighted by molar-refractivity contribution is 7.86. The van der Waals surface area contributed by atoms with Crippen molar-refractivity contribution >= 4 is 10.2 Å². The average molecular weight is 291 g/mol. The van der Waals surface area contributed by atoms with E-state index in [2.05, 4.69) is 5.32 Å². The number of rotatable bonds is 7. The molecule has 1 rings (SSSR count). The first-order valence-corrected chi connectivity index (χ1v) is 8.78. The van der Waals surface area contributed by atoms with Gasteiger partial charge in [-0.2, -0.15) is 17.0 Å². The molecule has 0 saturated carbocycles. The minimum absolute atomic E-state index is 0.0691. The number of nitrogens with zero attached hydrogens (tertiary/aromatic N) is 2. The Balaban J connectivity index is 2.80. The van der Waals surface area contributed by atoms with Crippen molar-refractivity contribution in [2.45, 2.75) is 46.1 Å². The summed E-state index contributed by atoms with van der Waals surface area (Å²) >= 11 is 0. The predicted molar refractivity (Wildman–Crippen MR) is 79.3 cm³/mol. The number of piperidine rings is 1. The Morgan fingerprint density at radius 3 is 2.63 bits per heavy atom. The molecule has 1 heterocycles. The van der Waals surface area contributed by atoms with Crippen molar-refractivity contribution in [3.8, 4) is 0 Å². The van der Waals surface area contributed by atoms with Crippen LogP contribution in [0.2, 0.25) is 0 Å². The zero-order chi connectivity index (χ0) is 14.5. The van der Waals surface area contributed by atoms with Gasteiger partial charge in [-0.15, -0.1) is 0 Å². The van der Waals surface area contributed by atoms with Crippen molar-refractivity contribution in [1.29, 1.82) is 0 Å². The third-order valence-electron chi connectivity index (χ3n) is 3.99.